The minimum Gasteiger partial charge on any atom is -0.481 e. The maximum Gasteiger partial charge on any atom is 0.308 e. The van der Waals surface area contributed by atoms with Crippen LogP contribution in [0.15, 0.2) is 22.6 Å². The second kappa shape index (κ2) is 6.61. The van der Waals surface area contributed by atoms with Gasteiger partial charge in [0.2, 0.25) is 11.0 Å². The van der Waals surface area contributed by atoms with Crippen molar-refractivity contribution in [3.63, 3.8) is 0 Å². The first-order valence-corrected chi connectivity index (χ1v) is 8.97. The number of anilines is 1. The largest absolute Gasteiger partial charge is 0.481 e. The molecule has 2 N–H and O–H groups in total. The summed E-state index contributed by atoms with van der Waals surface area (Å²) in [7, 11) is 0. The van der Waals surface area contributed by atoms with Gasteiger partial charge in [0.25, 0.3) is 0 Å². The van der Waals surface area contributed by atoms with E-state index in [1.165, 1.54) is 0 Å². The van der Waals surface area contributed by atoms with Crippen molar-refractivity contribution in [1.82, 2.24) is 9.97 Å². The van der Waals surface area contributed by atoms with Crippen LogP contribution < -0.4 is 5.32 Å². The highest BCUT2D eigenvalue weighted by atomic mass is 35.5. The number of nitrogens with one attached hydrogen (secondary N) is 1. The highest BCUT2D eigenvalue weighted by molar-refractivity contribution is 6.28. The molecule has 26 heavy (non-hydrogen) atoms. The molecule has 2 aromatic rings. The van der Waals surface area contributed by atoms with E-state index in [-0.39, 0.29) is 23.0 Å². The van der Waals surface area contributed by atoms with Crippen molar-refractivity contribution >= 4 is 23.4 Å². The molecular weight excluding hydrogens is 356 g/mol. The van der Waals surface area contributed by atoms with Gasteiger partial charge in [0.15, 0.2) is 5.76 Å². The van der Waals surface area contributed by atoms with Crippen LogP contribution in [0.5, 0.6) is 0 Å². The lowest BCUT2D eigenvalue weighted by molar-refractivity contribution is -0.148. The smallest absolute Gasteiger partial charge is 0.308 e. The highest BCUT2D eigenvalue weighted by Gasteiger charge is 2.47. The van der Waals surface area contributed by atoms with Crippen molar-refractivity contribution in [2.45, 2.75) is 31.7 Å². The summed E-state index contributed by atoms with van der Waals surface area (Å²) in [4.78, 5) is 20.1. The number of carbonyl (C=O) groups is 1. The van der Waals surface area contributed by atoms with Gasteiger partial charge in [0, 0.05) is 12.1 Å². The van der Waals surface area contributed by atoms with Crippen LogP contribution in [0.2, 0.25) is 5.28 Å². The van der Waals surface area contributed by atoms with Crippen molar-refractivity contribution in [2.24, 2.45) is 17.8 Å². The van der Waals surface area contributed by atoms with E-state index in [1.54, 1.807) is 18.2 Å². The summed E-state index contributed by atoms with van der Waals surface area (Å²) in [6.07, 6.45) is 4.00. The van der Waals surface area contributed by atoms with E-state index < -0.39 is 11.9 Å². The van der Waals surface area contributed by atoms with Crippen LogP contribution in [0.25, 0.3) is 11.5 Å². The molecular formula is C18H17ClN4O3. The van der Waals surface area contributed by atoms with Gasteiger partial charge in [-0.25, -0.2) is 9.97 Å². The summed E-state index contributed by atoms with van der Waals surface area (Å²) in [5.74, 6) is 0.393. The Morgan fingerprint density at radius 3 is 2.65 bits per heavy atom. The molecule has 5 rings (SSSR count). The third kappa shape index (κ3) is 3.01. The van der Waals surface area contributed by atoms with Crippen LogP contribution in [0.4, 0.5) is 5.82 Å². The van der Waals surface area contributed by atoms with Crippen LogP contribution in [-0.4, -0.2) is 27.1 Å². The summed E-state index contributed by atoms with van der Waals surface area (Å²) in [6, 6.07) is 6.62. The lowest BCUT2D eigenvalue weighted by atomic mass is 9.61. The van der Waals surface area contributed by atoms with E-state index in [4.69, 9.17) is 21.3 Å². The van der Waals surface area contributed by atoms with Crippen LogP contribution in [0, 0.1) is 29.1 Å². The van der Waals surface area contributed by atoms with Crippen LogP contribution in [-0.2, 0) is 4.79 Å². The van der Waals surface area contributed by atoms with E-state index >= 15 is 0 Å². The number of aliphatic carboxylic acids is 1. The SMILES string of the molecule is N#Cc1ccc(-c2cc(NC3C4CCC(CC4)C3C(=O)O)nc(Cl)n2)o1. The molecule has 2 atom stereocenters. The van der Waals surface area contributed by atoms with Gasteiger partial charge in [-0.15, -0.1) is 0 Å². The molecule has 2 unspecified atom stereocenters. The molecule has 3 aliphatic rings. The number of hydrogen-bond donors (Lipinski definition) is 2. The van der Waals surface area contributed by atoms with Gasteiger partial charge in [-0.2, -0.15) is 5.26 Å². The maximum atomic E-state index is 11.8. The molecule has 0 amide bonds. The Morgan fingerprint density at radius 2 is 2.00 bits per heavy atom. The topological polar surface area (TPSA) is 112 Å². The van der Waals surface area contributed by atoms with Crippen molar-refractivity contribution in [3.05, 3.63) is 29.2 Å². The summed E-state index contributed by atoms with van der Waals surface area (Å²) in [5, 5.41) is 21.9. The molecule has 0 saturated heterocycles. The Morgan fingerprint density at radius 1 is 1.27 bits per heavy atom. The quantitative estimate of drug-likeness (QED) is 0.789. The Hall–Kier alpha value is -2.59. The number of hydrogen-bond acceptors (Lipinski definition) is 6. The third-order valence-corrected chi connectivity index (χ3v) is 5.66. The molecule has 8 heteroatoms. The summed E-state index contributed by atoms with van der Waals surface area (Å²) < 4.78 is 5.40. The zero-order chi connectivity index (χ0) is 18.3. The van der Waals surface area contributed by atoms with Crippen LogP contribution >= 0.6 is 11.6 Å². The van der Waals surface area contributed by atoms with Crippen molar-refractivity contribution in [3.8, 4) is 17.5 Å². The molecule has 0 spiro atoms. The lowest BCUT2D eigenvalue weighted by Crippen LogP contribution is -2.51. The molecule has 2 heterocycles. The number of nitriles is 1. The van der Waals surface area contributed by atoms with Gasteiger partial charge in [0.05, 0.1) is 5.92 Å². The highest BCUT2D eigenvalue weighted by Crippen LogP contribution is 2.46. The summed E-state index contributed by atoms with van der Waals surface area (Å²) in [5.41, 5.74) is 0.446. The minimum absolute atomic E-state index is 0.0350. The first kappa shape index (κ1) is 16.9. The van der Waals surface area contributed by atoms with Gasteiger partial charge in [-0.3, -0.25) is 4.79 Å². The molecule has 0 radical (unpaired) electrons. The average Bonchev–Trinajstić information content (AvgIpc) is 3.11. The monoisotopic (exact) mass is 372 g/mol. The van der Waals surface area contributed by atoms with Gasteiger partial charge in [0.1, 0.15) is 17.6 Å². The van der Waals surface area contributed by atoms with E-state index in [1.807, 2.05) is 6.07 Å². The number of fused-ring (bicyclic) bond motifs is 3. The normalized spacial score (nSPS) is 27.1. The maximum absolute atomic E-state index is 11.8. The summed E-state index contributed by atoms with van der Waals surface area (Å²) >= 11 is 6.05. The van der Waals surface area contributed by atoms with Crippen molar-refractivity contribution in [1.29, 1.82) is 5.26 Å². The second-order valence-corrected chi connectivity index (χ2v) is 7.23. The number of halogens is 1. The van der Waals surface area contributed by atoms with E-state index in [0.29, 0.717) is 23.2 Å². The number of nitrogens with zero attached hydrogens (tertiary/aromatic N) is 3. The van der Waals surface area contributed by atoms with E-state index in [9.17, 15) is 9.90 Å². The Kier molecular flexibility index (Phi) is 4.29. The molecule has 3 fully saturated rings. The fourth-order valence-electron chi connectivity index (χ4n) is 4.34. The molecule has 2 aromatic heterocycles. The van der Waals surface area contributed by atoms with Crippen LogP contribution in [0.3, 0.4) is 0 Å². The number of aromatic nitrogens is 2. The Bertz CT molecular complexity index is 883. The van der Waals surface area contributed by atoms with Crippen LogP contribution in [0.1, 0.15) is 31.4 Å². The zero-order valence-electron chi connectivity index (χ0n) is 13.9. The zero-order valence-corrected chi connectivity index (χ0v) is 14.6. The molecule has 7 nitrogen and oxygen atoms in total. The van der Waals surface area contributed by atoms with Gasteiger partial charge in [-0.1, -0.05) is 0 Å². The molecule has 2 bridgehead atoms. The standard InChI is InChI=1S/C18H17ClN4O3/c19-18-21-12(13-6-5-11(8-20)26-13)7-14(23-18)22-16-10-3-1-9(2-4-10)15(16)17(24)25/h5-7,9-10,15-16H,1-4H2,(H,24,25)(H,21,22,23). The molecule has 0 aromatic carbocycles. The Balaban J connectivity index is 1.63. The fourth-order valence-corrected chi connectivity index (χ4v) is 4.52. The number of rotatable bonds is 4. The predicted molar refractivity (Wildman–Crippen MR) is 93.4 cm³/mol. The first-order chi connectivity index (χ1) is 12.5. The van der Waals surface area contributed by atoms with E-state index in [0.717, 1.165) is 25.7 Å². The number of furan rings is 1. The van der Waals surface area contributed by atoms with Gasteiger partial charge >= 0.3 is 5.97 Å². The first-order valence-electron chi connectivity index (χ1n) is 8.59. The Labute approximate surface area is 155 Å². The number of carboxylic acid groups (broad SMARTS) is 1. The molecule has 3 saturated carbocycles. The van der Waals surface area contributed by atoms with Crippen molar-refractivity contribution in [2.75, 3.05) is 5.32 Å². The average molecular weight is 373 g/mol. The minimum atomic E-state index is -0.762. The fraction of sp³-hybridized carbons (Fsp3) is 0.444. The summed E-state index contributed by atoms with van der Waals surface area (Å²) in [6.45, 7) is 0. The lowest BCUT2D eigenvalue weighted by Gasteiger charge is -2.47. The molecule has 134 valence electrons. The predicted octanol–water partition coefficient (Wildman–Crippen LogP) is 3.56. The third-order valence-electron chi connectivity index (χ3n) is 5.49. The molecule has 3 aliphatic carbocycles. The van der Waals surface area contributed by atoms with E-state index in [2.05, 4.69) is 15.3 Å². The van der Waals surface area contributed by atoms with Gasteiger partial charge < -0.3 is 14.8 Å². The van der Waals surface area contributed by atoms with Crippen molar-refractivity contribution < 1.29 is 14.3 Å². The van der Waals surface area contributed by atoms with Gasteiger partial charge in [-0.05, 0) is 61.3 Å². The number of carboxylic acids is 1. The second-order valence-electron chi connectivity index (χ2n) is 6.89. The molecule has 0 aliphatic heterocycles.